The number of carbonyl (C=O) groups is 1. The second-order valence-electron chi connectivity index (χ2n) is 2.72. The van der Waals surface area contributed by atoms with Crippen molar-refractivity contribution in [2.45, 2.75) is 6.92 Å². The Morgan fingerprint density at radius 2 is 2.20 bits per heavy atom. The predicted molar refractivity (Wildman–Crippen MR) is 55.1 cm³/mol. The molecule has 0 atom stereocenters. The molecule has 0 fully saturated rings. The smallest absolute Gasteiger partial charge is 0.296 e. The quantitative estimate of drug-likeness (QED) is 0.666. The third kappa shape index (κ3) is 2.72. The molecule has 1 rings (SSSR count). The average Bonchev–Trinajstić information content (AvgIpc) is 2.08. The molecule has 7 heteroatoms. The monoisotopic (exact) mass is 276 g/mol. The Bertz CT molecular complexity index is 436. The molecule has 0 aliphatic carbocycles. The molecule has 1 aromatic carbocycles. The number of hydrogen-bond donors (Lipinski definition) is 1. The fourth-order valence-corrected chi connectivity index (χ4v) is 1.52. The Kier molecular flexibility index (Phi) is 3.35. The molecule has 0 heterocycles. The first-order chi connectivity index (χ1) is 6.91. The second-order valence-corrected chi connectivity index (χ2v) is 3.57. The molecule has 1 amide bonds. The molecular weight excluding hydrogens is 271 g/mol. The van der Waals surface area contributed by atoms with Gasteiger partial charge in [-0.05, 0) is 22.0 Å². The van der Waals surface area contributed by atoms with Crippen molar-refractivity contribution in [1.29, 1.82) is 0 Å². The van der Waals surface area contributed by atoms with Gasteiger partial charge in [-0.2, -0.15) is 0 Å². The van der Waals surface area contributed by atoms with Crippen LogP contribution in [0.15, 0.2) is 16.6 Å². The molecule has 1 aromatic rings. The Balaban J connectivity index is 3.33. The highest BCUT2D eigenvalue weighted by atomic mass is 79.9. The van der Waals surface area contributed by atoms with Gasteiger partial charge in [-0.25, -0.2) is 4.39 Å². The number of amides is 1. The normalized spacial score (nSPS) is 9.80. The van der Waals surface area contributed by atoms with E-state index in [0.717, 1.165) is 12.1 Å². The largest absolute Gasteiger partial charge is 0.320 e. The summed E-state index contributed by atoms with van der Waals surface area (Å²) in [7, 11) is 0. The summed E-state index contributed by atoms with van der Waals surface area (Å²) < 4.78 is 13.0. The van der Waals surface area contributed by atoms with Gasteiger partial charge in [0.25, 0.3) is 5.69 Å². The van der Waals surface area contributed by atoms with E-state index in [0.29, 0.717) is 0 Å². The van der Waals surface area contributed by atoms with Crippen molar-refractivity contribution in [2.75, 3.05) is 5.32 Å². The van der Waals surface area contributed by atoms with Gasteiger partial charge in [0.2, 0.25) is 5.91 Å². The van der Waals surface area contributed by atoms with Gasteiger partial charge in [-0.3, -0.25) is 14.9 Å². The average molecular weight is 277 g/mol. The van der Waals surface area contributed by atoms with Gasteiger partial charge in [-0.15, -0.1) is 0 Å². The van der Waals surface area contributed by atoms with Crippen LogP contribution in [0.1, 0.15) is 6.92 Å². The third-order valence-electron chi connectivity index (χ3n) is 1.53. The Morgan fingerprint density at radius 1 is 1.60 bits per heavy atom. The van der Waals surface area contributed by atoms with Gasteiger partial charge in [0, 0.05) is 6.92 Å². The summed E-state index contributed by atoms with van der Waals surface area (Å²) in [6.45, 7) is 1.21. The van der Waals surface area contributed by atoms with Crippen LogP contribution in [0.4, 0.5) is 15.8 Å². The molecule has 0 spiro atoms. The van der Waals surface area contributed by atoms with Gasteiger partial charge >= 0.3 is 0 Å². The molecule has 0 radical (unpaired) electrons. The van der Waals surface area contributed by atoms with Crippen molar-refractivity contribution in [3.8, 4) is 0 Å². The van der Waals surface area contributed by atoms with Crippen LogP contribution in [0, 0.1) is 15.9 Å². The van der Waals surface area contributed by atoms with Crippen LogP contribution in [-0.4, -0.2) is 10.8 Å². The van der Waals surface area contributed by atoms with E-state index in [9.17, 15) is 19.3 Å². The van der Waals surface area contributed by atoms with Gasteiger partial charge in [-0.1, -0.05) is 0 Å². The summed E-state index contributed by atoms with van der Waals surface area (Å²) in [5.41, 5.74) is -0.536. The molecule has 0 aliphatic rings. The van der Waals surface area contributed by atoms with Gasteiger partial charge in [0.1, 0.15) is 11.5 Å². The highest BCUT2D eigenvalue weighted by Crippen LogP contribution is 2.33. The minimum atomic E-state index is -0.765. The van der Waals surface area contributed by atoms with Crippen LogP contribution in [0.25, 0.3) is 0 Å². The predicted octanol–water partition coefficient (Wildman–Crippen LogP) is 2.45. The Hall–Kier alpha value is -1.50. The summed E-state index contributed by atoms with van der Waals surface area (Å²) in [6, 6.07) is 1.79. The Labute approximate surface area is 92.6 Å². The zero-order chi connectivity index (χ0) is 11.6. The fourth-order valence-electron chi connectivity index (χ4n) is 1.00. The maximum Gasteiger partial charge on any atom is 0.296 e. The van der Waals surface area contributed by atoms with Crippen molar-refractivity contribution in [3.63, 3.8) is 0 Å². The van der Waals surface area contributed by atoms with Crippen LogP contribution in [0.5, 0.6) is 0 Å². The van der Waals surface area contributed by atoms with Gasteiger partial charge in [0.15, 0.2) is 0 Å². The molecule has 0 saturated carbocycles. The molecule has 5 nitrogen and oxygen atoms in total. The minimum Gasteiger partial charge on any atom is -0.320 e. The number of benzene rings is 1. The summed E-state index contributed by atoms with van der Waals surface area (Å²) in [6.07, 6.45) is 0. The lowest BCUT2D eigenvalue weighted by molar-refractivity contribution is -0.384. The van der Waals surface area contributed by atoms with E-state index in [1.807, 2.05) is 0 Å². The number of anilines is 1. The number of nitrogens with one attached hydrogen (secondary N) is 1. The topological polar surface area (TPSA) is 72.2 Å². The van der Waals surface area contributed by atoms with E-state index in [-0.39, 0.29) is 10.2 Å². The number of nitro benzene ring substituents is 1. The van der Waals surface area contributed by atoms with Crippen molar-refractivity contribution in [2.24, 2.45) is 0 Å². The molecular formula is C8H6BrFN2O3. The molecule has 1 N–H and O–H groups in total. The van der Waals surface area contributed by atoms with Gasteiger partial charge in [0.05, 0.1) is 15.5 Å². The van der Waals surface area contributed by atoms with E-state index < -0.39 is 22.3 Å². The highest BCUT2D eigenvalue weighted by molar-refractivity contribution is 9.10. The van der Waals surface area contributed by atoms with E-state index in [1.54, 1.807) is 0 Å². The number of rotatable bonds is 2. The SMILES string of the molecule is CC(=O)Nc1c(Br)cc(F)cc1[N+](=O)[O-]. The maximum absolute atomic E-state index is 12.9. The van der Waals surface area contributed by atoms with E-state index >= 15 is 0 Å². The van der Waals surface area contributed by atoms with E-state index in [4.69, 9.17) is 0 Å². The molecule has 0 saturated heterocycles. The van der Waals surface area contributed by atoms with E-state index in [1.165, 1.54) is 6.92 Å². The molecule has 0 bridgehead atoms. The lowest BCUT2D eigenvalue weighted by Gasteiger charge is -2.05. The van der Waals surface area contributed by atoms with Crippen LogP contribution in [0.3, 0.4) is 0 Å². The summed E-state index contributed by atoms with van der Waals surface area (Å²) in [4.78, 5) is 20.6. The number of nitrogens with zero attached hydrogens (tertiary/aromatic N) is 1. The number of carbonyl (C=O) groups excluding carboxylic acids is 1. The number of halogens is 2. The van der Waals surface area contributed by atoms with Crippen molar-refractivity contribution >= 4 is 33.2 Å². The number of nitro groups is 1. The lowest BCUT2D eigenvalue weighted by Crippen LogP contribution is -2.09. The van der Waals surface area contributed by atoms with Crippen molar-refractivity contribution in [1.82, 2.24) is 0 Å². The third-order valence-corrected chi connectivity index (χ3v) is 2.16. The van der Waals surface area contributed by atoms with Crippen LogP contribution < -0.4 is 5.32 Å². The first kappa shape index (κ1) is 11.6. The van der Waals surface area contributed by atoms with Crippen LogP contribution >= 0.6 is 15.9 Å². The standard InChI is InChI=1S/C8H6BrFN2O3/c1-4(13)11-8-6(9)2-5(10)3-7(8)12(14)15/h2-3H,1H3,(H,11,13). The van der Waals surface area contributed by atoms with Crippen LogP contribution in [0.2, 0.25) is 0 Å². The lowest BCUT2D eigenvalue weighted by atomic mass is 10.2. The molecule has 80 valence electrons. The van der Waals surface area contributed by atoms with Crippen molar-refractivity contribution in [3.05, 3.63) is 32.5 Å². The first-order valence-corrected chi connectivity index (χ1v) is 4.62. The fraction of sp³-hybridized carbons (Fsp3) is 0.125. The summed E-state index contributed by atoms with van der Waals surface area (Å²) in [5.74, 6) is -1.21. The number of hydrogen-bond acceptors (Lipinski definition) is 3. The van der Waals surface area contributed by atoms with Crippen molar-refractivity contribution < 1.29 is 14.1 Å². The zero-order valence-corrected chi connectivity index (χ0v) is 9.17. The van der Waals surface area contributed by atoms with Gasteiger partial charge < -0.3 is 5.32 Å². The summed E-state index contributed by atoms with van der Waals surface area (Å²) in [5, 5.41) is 12.8. The first-order valence-electron chi connectivity index (χ1n) is 3.83. The molecule has 0 unspecified atom stereocenters. The van der Waals surface area contributed by atoms with Crippen LogP contribution in [-0.2, 0) is 4.79 Å². The zero-order valence-electron chi connectivity index (χ0n) is 7.58. The highest BCUT2D eigenvalue weighted by Gasteiger charge is 2.19. The Morgan fingerprint density at radius 3 is 2.67 bits per heavy atom. The molecule has 0 aromatic heterocycles. The van der Waals surface area contributed by atoms with E-state index in [2.05, 4.69) is 21.2 Å². The summed E-state index contributed by atoms with van der Waals surface area (Å²) >= 11 is 2.94. The minimum absolute atomic E-state index is 0.0473. The second kappa shape index (κ2) is 4.35. The molecule has 0 aliphatic heterocycles. The molecule has 15 heavy (non-hydrogen) atoms. The maximum atomic E-state index is 12.9.